The SMILES string of the molecule is CCN1c2cc(OC)c(/C=C3/C(=O)NC(=O)N(c4ccccc4F)C3=O)cc2C(C)CC1(C)C. The van der Waals surface area contributed by atoms with Crippen molar-refractivity contribution in [3.63, 3.8) is 0 Å². The molecular weight excluding hydrogens is 437 g/mol. The molecule has 2 aromatic carbocycles. The lowest BCUT2D eigenvalue weighted by atomic mass is 9.79. The van der Waals surface area contributed by atoms with Crippen molar-refractivity contribution in [3.05, 3.63) is 58.9 Å². The highest BCUT2D eigenvalue weighted by atomic mass is 19.1. The number of carbonyl (C=O) groups is 3. The van der Waals surface area contributed by atoms with Crippen molar-refractivity contribution in [2.45, 2.75) is 45.6 Å². The monoisotopic (exact) mass is 465 g/mol. The van der Waals surface area contributed by atoms with Gasteiger partial charge in [0.25, 0.3) is 11.8 Å². The van der Waals surface area contributed by atoms with Gasteiger partial charge in [0, 0.05) is 29.4 Å². The number of rotatable bonds is 4. The van der Waals surface area contributed by atoms with E-state index >= 15 is 0 Å². The minimum absolute atomic E-state index is 0.0357. The number of carbonyl (C=O) groups excluding carboxylic acids is 3. The molecule has 0 bridgehead atoms. The first-order valence-corrected chi connectivity index (χ1v) is 11.2. The molecule has 2 aliphatic heterocycles. The number of hydrogen-bond donors (Lipinski definition) is 1. The number of barbiturate groups is 1. The Bertz CT molecular complexity index is 1220. The smallest absolute Gasteiger partial charge is 0.336 e. The van der Waals surface area contributed by atoms with Gasteiger partial charge in [-0.15, -0.1) is 0 Å². The zero-order valence-electron chi connectivity index (χ0n) is 19.9. The number of hydrogen-bond acceptors (Lipinski definition) is 5. The Morgan fingerprint density at radius 3 is 2.53 bits per heavy atom. The molecule has 1 saturated heterocycles. The highest BCUT2D eigenvalue weighted by Crippen LogP contribution is 2.46. The van der Waals surface area contributed by atoms with Crippen LogP contribution in [0.2, 0.25) is 0 Å². The van der Waals surface area contributed by atoms with E-state index in [1.807, 2.05) is 12.1 Å². The molecule has 0 radical (unpaired) electrons. The van der Waals surface area contributed by atoms with Gasteiger partial charge >= 0.3 is 6.03 Å². The number of halogens is 1. The standard InChI is InChI=1S/C26H28FN3O4/c1-6-29-21-13-22(34-5)16(11-17(21)15(2)14-26(29,3)4)12-18-23(31)28-25(33)30(24(18)32)20-10-8-7-9-19(20)27/h7-13,15H,6,14H2,1-5H3,(H,28,31,33)/b18-12-. The summed E-state index contributed by atoms with van der Waals surface area (Å²) in [6, 6.07) is 8.26. The molecule has 0 aliphatic carbocycles. The molecule has 1 unspecified atom stereocenters. The minimum atomic E-state index is -0.996. The van der Waals surface area contributed by atoms with E-state index in [0.717, 1.165) is 30.3 Å². The lowest BCUT2D eigenvalue weighted by Gasteiger charge is -2.47. The molecule has 7 nitrogen and oxygen atoms in total. The highest BCUT2D eigenvalue weighted by molar-refractivity contribution is 6.39. The number of methoxy groups -OCH3 is 1. The molecule has 0 spiro atoms. The summed E-state index contributed by atoms with van der Waals surface area (Å²) in [7, 11) is 1.52. The van der Waals surface area contributed by atoms with Crippen LogP contribution in [0.3, 0.4) is 0 Å². The van der Waals surface area contributed by atoms with E-state index in [4.69, 9.17) is 4.74 Å². The maximum absolute atomic E-state index is 14.4. The van der Waals surface area contributed by atoms with E-state index in [2.05, 4.69) is 37.9 Å². The number of ether oxygens (including phenoxy) is 1. The van der Waals surface area contributed by atoms with Gasteiger partial charge in [0.05, 0.1) is 12.8 Å². The Labute approximate surface area is 198 Å². The number of nitrogens with zero attached hydrogens (tertiary/aromatic N) is 2. The van der Waals surface area contributed by atoms with Gasteiger partial charge in [0.15, 0.2) is 0 Å². The van der Waals surface area contributed by atoms with Crippen LogP contribution in [0.1, 0.15) is 51.2 Å². The van der Waals surface area contributed by atoms with Gasteiger partial charge in [-0.2, -0.15) is 0 Å². The molecule has 34 heavy (non-hydrogen) atoms. The number of amides is 4. The van der Waals surface area contributed by atoms with Crippen molar-refractivity contribution in [2.24, 2.45) is 0 Å². The largest absolute Gasteiger partial charge is 0.496 e. The van der Waals surface area contributed by atoms with Crippen LogP contribution in [0.5, 0.6) is 5.75 Å². The van der Waals surface area contributed by atoms with Crippen LogP contribution in [0, 0.1) is 5.82 Å². The summed E-state index contributed by atoms with van der Waals surface area (Å²) in [5.74, 6) is -1.76. The molecule has 8 heteroatoms. The Morgan fingerprint density at radius 2 is 1.88 bits per heavy atom. The Balaban J connectivity index is 1.83. The number of anilines is 2. The average molecular weight is 466 g/mol. The topological polar surface area (TPSA) is 79.0 Å². The molecule has 0 aromatic heterocycles. The number of nitrogens with one attached hydrogen (secondary N) is 1. The highest BCUT2D eigenvalue weighted by Gasteiger charge is 2.39. The van der Waals surface area contributed by atoms with E-state index in [1.54, 1.807) is 0 Å². The van der Waals surface area contributed by atoms with E-state index in [9.17, 15) is 18.8 Å². The first-order chi connectivity index (χ1) is 16.1. The van der Waals surface area contributed by atoms with Crippen LogP contribution >= 0.6 is 0 Å². The predicted molar refractivity (Wildman–Crippen MR) is 129 cm³/mol. The first kappa shape index (κ1) is 23.5. The molecule has 1 atom stereocenters. The molecule has 2 aromatic rings. The Morgan fingerprint density at radius 1 is 1.18 bits per heavy atom. The lowest BCUT2D eigenvalue weighted by Crippen LogP contribution is -2.54. The Hall–Kier alpha value is -3.68. The van der Waals surface area contributed by atoms with Crippen LogP contribution < -0.4 is 19.9 Å². The number of urea groups is 1. The van der Waals surface area contributed by atoms with Gasteiger partial charge < -0.3 is 9.64 Å². The summed E-state index contributed by atoms with van der Waals surface area (Å²) >= 11 is 0. The van der Waals surface area contributed by atoms with Gasteiger partial charge in [-0.1, -0.05) is 19.1 Å². The summed E-state index contributed by atoms with van der Waals surface area (Å²) in [5, 5.41) is 2.13. The number of imide groups is 2. The molecule has 1 fully saturated rings. The van der Waals surface area contributed by atoms with Gasteiger partial charge in [-0.3, -0.25) is 14.9 Å². The summed E-state index contributed by atoms with van der Waals surface area (Å²) < 4.78 is 20.0. The lowest BCUT2D eigenvalue weighted by molar-refractivity contribution is -0.122. The molecule has 2 heterocycles. The fourth-order valence-corrected chi connectivity index (χ4v) is 5.08. The summed E-state index contributed by atoms with van der Waals surface area (Å²) in [5.41, 5.74) is 2.12. The minimum Gasteiger partial charge on any atom is -0.496 e. The van der Waals surface area contributed by atoms with E-state index < -0.39 is 23.7 Å². The average Bonchev–Trinajstić information content (AvgIpc) is 2.77. The van der Waals surface area contributed by atoms with Crippen LogP contribution in [-0.4, -0.2) is 37.0 Å². The maximum atomic E-state index is 14.4. The third-order valence-electron chi connectivity index (χ3n) is 6.55. The number of benzene rings is 2. The number of para-hydroxylation sites is 1. The fourth-order valence-electron chi connectivity index (χ4n) is 5.08. The van der Waals surface area contributed by atoms with Crippen LogP contribution in [0.15, 0.2) is 42.0 Å². The first-order valence-electron chi connectivity index (χ1n) is 11.2. The van der Waals surface area contributed by atoms with E-state index in [0.29, 0.717) is 16.2 Å². The van der Waals surface area contributed by atoms with Crippen LogP contribution in [0.25, 0.3) is 6.08 Å². The van der Waals surface area contributed by atoms with E-state index in [1.165, 1.54) is 31.4 Å². The van der Waals surface area contributed by atoms with Gasteiger partial charge in [0.2, 0.25) is 0 Å². The predicted octanol–water partition coefficient (Wildman–Crippen LogP) is 4.61. The van der Waals surface area contributed by atoms with Crippen LogP contribution in [-0.2, 0) is 9.59 Å². The molecule has 4 amide bonds. The van der Waals surface area contributed by atoms with Crippen molar-refractivity contribution in [3.8, 4) is 5.75 Å². The number of fused-ring (bicyclic) bond motifs is 1. The zero-order valence-corrected chi connectivity index (χ0v) is 19.9. The van der Waals surface area contributed by atoms with Gasteiger partial charge in [-0.05, 0) is 62.9 Å². The molecule has 0 saturated carbocycles. The zero-order chi connectivity index (χ0) is 24.8. The van der Waals surface area contributed by atoms with Crippen LogP contribution in [0.4, 0.5) is 20.6 Å². The Kier molecular flexibility index (Phi) is 5.93. The fraction of sp³-hybridized carbons (Fsp3) is 0.346. The molecule has 178 valence electrons. The summed E-state index contributed by atoms with van der Waals surface area (Å²) in [6.07, 6.45) is 2.34. The van der Waals surface area contributed by atoms with Crippen molar-refractivity contribution in [1.82, 2.24) is 5.32 Å². The maximum Gasteiger partial charge on any atom is 0.336 e. The molecule has 4 rings (SSSR count). The second-order valence-corrected chi connectivity index (χ2v) is 9.22. The normalized spacial score (nSPS) is 20.9. The molecular formula is C26H28FN3O4. The summed E-state index contributed by atoms with van der Waals surface area (Å²) in [6.45, 7) is 9.48. The second-order valence-electron chi connectivity index (χ2n) is 9.22. The van der Waals surface area contributed by atoms with Crippen molar-refractivity contribution in [1.29, 1.82) is 0 Å². The molecule has 2 aliphatic rings. The van der Waals surface area contributed by atoms with Gasteiger partial charge in [0.1, 0.15) is 17.1 Å². The molecule has 1 N–H and O–H groups in total. The summed E-state index contributed by atoms with van der Waals surface area (Å²) in [4.78, 5) is 41.2. The van der Waals surface area contributed by atoms with E-state index in [-0.39, 0.29) is 22.7 Å². The van der Waals surface area contributed by atoms with Gasteiger partial charge in [-0.25, -0.2) is 14.1 Å². The third kappa shape index (κ3) is 3.83. The quantitative estimate of drug-likeness (QED) is 0.527. The third-order valence-corrected chi connectivity index (χ3v) is 6.55. The van der Waals surface area contributed by atoms with Crippen molar-refractivity contribution in [2.75, 3.05) is 23.5 Å². The van der Waals surface area contributed by atoms with Crippen molar-refractivity contribution >= 4 is 35.3 Å². The van der Waals surface area contributed by atoms with Crippen molar-refractivity contribution < 1.29 is 23.5 Å². The second kappa shape index (κ2) is 8.59.